The smallest absolute Gasteiger partial charge is 0.218 e. The van der Waals surface area contributed by atoms with Crippen LogP contribution in [0.1, 0.15) is 20.3 Å². The van der Waals surface area contributed by atoms with Gasteiger partial charge in [0, 0.05) is 13.1 Å². The quantitative estimate of drug-likeness (QED) is 0.639. The number of sulfonamides is 1. The Morgan fingerprint density at radius 3 is 2.50 bits per heavy atom. The minimum Gasteiger partial charge on any atom is -0.329 e. The van der Waals surface area contributed by atoms with Gasteiger partial charge in [-0.05, 0) is 13.3 Å². The van der Waals surface area contributed by atoms with Crippen molar-refractivity contribution in [2.45, 2.75) is 25.5 Å². The van der Waals surface area contributed by atoms with E-state index < -0.39 is 15.3 Å². The first kappa shape index (κ1) is 13.4. The fourth-order valence-corrected chi connectivity index (χ4v) is 2.47. The van der Waals surface area contributed by atoms with Gasteiger partial charge in [-0.15, -0.1) is 6.42 Å². The predicted molar refractivity (Wildman–Crippen MR) is 58.1 cm³/mol. The van der Waals surface area contributed by atoms with E-state index in [-0.39, 0.29) is 13.1 Å². The Hall–Kier alpha value is -0.570. The lowest BCUT2D eigenvalue weighted by atomic mass is 10.5. The summed E-state index contributed by atoms with van der Waals surface area (Å²) < 4.78 is 24.9. The van der Waals surface area contributed by atoms with Crippen LogP contribution in [0.25, 0.3) is 0 Å². The highest BCUT2D eigenvalue weighted by Gasteiger charge is 2.26. The van der Waals surface area contributed by atoms with E-state index in [0.29, 0.717) is 6.54 Å². The number of hydrogen-bond donors (Lipinski definition) is 1. The molecule has 5 heteroatoms. The molecule has 0 aliphatic heterocycles. The maximum Gasteiger partial charge on any atom is 0.218 e. The van der Waals surface area contributed by atoms with Crippen LogP contribution in [0, 0.1) is 12.3 Å². The Kier molecular flexibility index (Phi) is 5.77. The second-order valence-corrected chi connectivity index (χ2v) is 5.48. The van der Waals surface area contributed by atoms with Gasteiger partial charge in [-0.2, -0.15) is 4.31 Å². The van der Waals surface area contributed by atoms with Crippen LogP contribution in [0.2, 0.25) is 0 Å². The molecule has 0 bridgehead atoms. The third-order valence-electron chi connectivity index (χ3n) is 1.94. The topological polar surface area (TPSA) is 63.4 Å². The van der Waals surface area contributed by atoms with Crippen LogP contribution in [0.15, 0.2) is 0 Å². The molecule has 1 atom stereocenters. The van der Waals surface area contributed by atoms with Crippen LogP contribution in [0.5, 0.6) is 0 Å². The molecule has 14 heavy (non-hydrogen) atoms. The molecule has 0 saturated heterocycles. The molecular weight excluding hydrogens is 200 g/mol. The molecular formula is C9H18N2O2S. The zero-order valence-electron chi connectivity index (χ0n) is 8.73. The van der Waals surface area contributed by atoms with E-state index in [1.807, 2.05) is 6.92 Å². The number of nitrogens with zero attached hydrogens (tertiary/aromatic N) is 1. The minimum atomic E-state index is -3.31. The van der Waals surface area contributed by atoms with Crippen LogP contribution in [0.4, 0.5) is 0 Å². The largest absolute Gasteiger partial charge is 0.329 e. The van der Waals surface area contributed by atoms with Gasteiger partial charge in [0.15, 0.2) is 0 Å². The van der Waals surface area contributed by atoms with E-state index in [9.17, 15) is 8.42 Å². The van der Waals surface area contributed by atoms with Crippen molar-refractivity contribution < 1.29 is 8.42 Å². The molecule has 1 unspecified atom stereocenters. The molecule has 0 fully saturated rings. The first-order valence-electron chi connectivity index (χ1n) is 4.63. The van der Waals surface area contributed by atoms with Gasteiger partial charge in [0.1, 0.15) is 0 Å². The zero-order valence-corrected chi connectivity index (χ0v) is 9.55. The Morgan fingerprint density at radius 2 is 2.14 bits per heavy atom. The summed E-state index contributed by atoms with van der Waals surface area (Å²) in [6, 6.07) is 0. The van der Waals surface area contributed by atoms with Crippen molar-refractivity contribution in [2.24, 2.45) is 5.73 Å². The summed E-state index contributed by atoms with van der Waals surface area (Å²) in [6.07, 6.45) is 5.86. The van der Waals surface area contributed by atoms with E-state index in [1.54, 1.807) is 6.92 Å². The van der Waals surface area contributed by atoms with Crippen molar-refractivity contribution in [3.8, 4) is 12.3 Å². The van der Waals surface area contributed by atoms with Gasteiger partial charge in [-0.3, -0.25) is 0 Å². The molecule has 0 aromatic rings. The highest BCUT2D eigenvalue weighted by molar-refractivity contribution is 7.89. The van der Waals surface area contributed by atoms with Crippen LogP contribution < -0.4 is 5.73 Å². The first-order valence-corrected chi connectivity index (χ1v) is 6.13. The van der Waals surface area contributed by atoms with E-state index >= 15 is 0 Å². The monoisotopic (exact) mass is 218 g/mol. The SMILES string of the molecule is C#CCN(CCC)S(=O)(=O)C(C)CN. The molecule has 82 valence electrons. The summed E-state index contributed by atoms with van der Waals surface area (Å²) in [5.74, 6) is 2.34. The van der Waals surface area contributed by atoms with Gasteiger partial charge in [0.05, 0.1) is 11.8 Å². The van der Waals surface area contributed by atoms with Crippen molar-refractivity contribution in [1.82, 2.24) is 4.31 Å². The molecule has 0 amide bonds. The number of hydrogen-bond acceptors (Lipinski definition) is 3. The standard InChI is InChI=1S/C9H18N2O2S/c1-4-6-11(7-5-2)14(12,13)9(3)8-10/h1,9H,5-8,10H2,2-3H3. The highest BCUT2D eigenvalue weighted by atomic mass is 32.2. The molecule has 0 radical (unpaired) electrons. The highest BCUT2D eigenvalue weighted by Crippen LogP contribution is 2.08. The Morgan fingerprint density at radius 1 is 1.57 bits per heavy atom. The molecule has 0 saturated carbocycles. The molecule has 4 nitrogen and oxygen atoms in total. The molecule has 0 aliphatic carbocycles. The van der Waals surface area contributed by atoms with E-state index in [2.05, 4.69) is 5.92 Å². The van der Waals surface area contributed by atoms with Crippen molar-refractivity contribution in [1.29, 1.82) is 0 Å². The second-order valence-electron chi connectivity index (χ2n) is 3.13. The van der Waals surface area contributed by atoms with Crippen LogP contribution in [0.3, 0.4) is 0 Å². The van der Waals surface area contributed by atoms with Gasteiger partial charge in [0.25, 0.3) is 0 Å². The normalized spacial score (nSPS) is 13.9. The fourth-order valence-electron chi connectivity index (χ4n) is 1.02. The number of rotatable bonds is 6. The summed E-state index contributed by atoms with van der Waals surface area (Å²) >= 11 is 0. The molecule has 0 rings (SSSR count). The minimum absolute atomic E-state index is 0.118. The van der Waals surface area contributed by atoms with Gasteiger partial charge in [-0.25, -0.2) is 8.42 Å². The molecule has 0 spiro atoms. The van der Waals surface area contributed by atoms with Crippen molar-refractivity contribution in [3.63, 3.8) is 0 Å². The van der Waals surface area contributed by atoms with Crippen LogP contribution in [-0.2, 0) is 10.0 Å². The maximum atomic E-state index is 11.8. The van der Waals surface area contributed by atoms with Crippen LogP contribution in [-0.4, -0.2) is 37.6 Å². The molecule has 0 aromatic heterocycles. The summed E-state index contributed by atoms with van der Waals surface area (Å²) in [7, 11) is -3.31. The lowest BCUT2D eigenvalue weighted by molar-refractivity contribution is 0.438. The summed E-state index contributed by atoms with van der Waals surface area (Å²) in [5, 5.41) is -0.567. The van der Waals surface area contributed by atoms with Gasteiger partial charge < -0.3 is 5.73 Å². The van der Waals surface area contributed by atoms with E-state index in [1.165, 1.54) is 4.31 Å². The van der Waals surface area contributed by atoms with Crippen molar-refractivity contribution >= 4 is 10.0 Å². The lowest BCUT2D eigenvalue weighted by Crippen LogP contribution is -2.41. The van der Waals surface area contributed by atoms with Gasteiger partial charge in [-0.1, -0.05) is 12.8 Å². The molecule has 0 heterocycles. The Labute approximate surface area is 86.5 Å². The van der Waals surface area contributed by atoms with Crippen molar-refractivity contribution in [2.75, 3.05) is 19.6 Å². The molecule has 2 N–H and O–H groups in total. The lowest BCUT2D eigenvalue weighted by Gasteiger charge is -2.22. The molecule has 0 aliphatic rings. The number of nitrogens with two attached hydrogens (primary N) is 1. The fraction of sp³-hybridized carbons (Fsp3) is 0.778. The first-order chi connectivity index (χ1) is 6.50. The maximum absolute atomic E-state index is 11.8. The van der Waals surface area contributed by atoms with Gasteiger partial charge in [0.2, 0.25) is 10.0 Å². The average Bonchev–Trinajstić information content (AvgIpc) is 2.16. The third-order valence-corrected chi connectivity index (χ3v) is 4.18. The number of terminal acetylenes is 1. The Balaban J connectivity index is 4.73. The molecule has 0 aromatic carbocycles. The second kappa shape index (κ2) is 6.02. The van der Waals surface area contributed by atoms with Crippen molar-refractivity contribution in [3.05, 3.63) is 0 Å². The van der Waals surface area contributed by atoms with Crippen LogP contribution >= 0.6 is 0 Å². The summed E-state index contributed by atoms with van der Waals surface area (Å²) in [5.41, 5.74) is 5.33. The third kappa shape index (κ3) is 3.29. The summed E-state index contributed by atoms with van der Waals surface area (Å²) in [4.78, 5) is 0. The Bertz CT molecular complexity index is 292. The average molecular weight is 218 g/mol. The van der Waals surface area contributed by atoms with E-state index in [0.717, 1.165) is 6.42 Å². The summed E-state index contributed by atoms with van der Waals surface area (Å²) in [6.45, 7) is 4.20. The zero-order chi connectivity index (χ0) is 11.2. The van der Waals surface area contributed by atoms with E-state index in [4.69, 9.17) is 12.2 Å². The van der Waals surface area contributed by atoms with Gasteiger partial charge >= 0.3 is 0 Å². The predicted octanol–water partition coefficient (Wildman–Crippen LogP) is 0.00860.